The first-order chi connectivity index (χ1) is 15.8. The zero-order valence-electron chi connectivity index (χ0n) is 17.5. The molecule has 0 saturated carbocycles. The number of imidazole rings is 1. The lowest BCUT2D eigenvalue weighted by Gasteiger charge is -2.15. The number of carbonyl (C=O) groups excluding carboxylic acids is 2. The molecule has 1 aromatic heterocycles. The van der Waals surface area contributed by atoms with Gasteiger partial charge in [0.05, 0.1) is 26.6 Å². The van der Waals surface area contributed by atoms with Crippen molar-refractivity contribution in [3.05, 3.63) is 93.5 Å². The molecule has 1 atom stereocenters. The highest BCUT2D eigenvalue weighted by Crippen LogP contribution is 2.25. The van der Waals surface area contributed by atoms with Crippen LogP contribution >= 0.6 is 23.2 Å². The lowest BCUT2D eigenvalue weighted by atomic mass is 10.1. The number of carbonyl (C=O) groups is 2. The van der Waals surface area contributed by atoms with Crippen LogP contribution in [0.3, 0.4) is 0 Å². The van der Waals surface area contributed by atoms with Crippen LogP contribution < -0.4 is 10.6 Å². The van der Waals surface area contributed by atoms with Gasteiger partial charge in [0.15, 0.2) is 0 Å². The van der Waals surface area contributed by atoms with Crippen molar-refractivity contribution in [2.75, 3.05) is 5.32 Å². The van der Waals surface area contributed by atoms with Crippen LogP contribution in [0.2, 0.25) is 10.0 Å². The molecule has 3 aromatic carbocycles. The lowest BCUT2D eigenvalue weighted by molar-refractivity contribution is -0.117. The van der Waals surface area contributed by atoms with Crippen molar-refractivity contribution in [3.63, 3.8) is 0 Å². The van der Waals surface area contributed by atoms with E-state index >= 15 is 0 Å². The Morgan fingerprint density at radius 3 is 2.67 bits per heavy atom. The number of aromatic nitrogens is 2. The van der Waals surface area contributed by atoms with Gasteiger partial charge in [-0.15, -0.1) is 0 Å². The molecule has 2 amide bonds. The van der Waals surface area contributed by atoms with Crippen LogP contribution in [-0.2, 0) is 11.2 Å². The Hall–Kier alpha value is -3.42. The van der Waals surface area contributed by atoms with Gasteiger partial charge < -0.3 is 15.6 Å². The van der Waals surface area contributed by atoms with Crippen molar-refractivity contribution in [1.29, 1.82) is 0 Å². The minimum Gasteiger partial charge on any atom is -0.342 e. The van der Waals surface area contributed by atoms with Crippen LogP contribution in [0.5, 0.6) is 0 Å². The molecule has 9 heteroatoms. The molecule has 0 saturated heterocycles. The molecule has 0 spiro atoms. The Kier molecular flexibility index (Phi) is 6.62. The first kappa shape index (κ1) is 22.8. The van der Waals surface area contributed by atoms with Gasteiger partial charge in [0.25, 0.3) is 5.91 Å². The van der Waals surface area contributed by atoms with Gasteiger partial charge in [-0.1, -0.05) is 47.5 Å². The van der Waals surface area contributed by atoms with Gasteiger partial charge in [-0.2, -0.15) is 0 Å². The van der Waals surface area contributed by atoms with E-state index in [1.807, 2.05) is 0 Å². The summed E-state index contributed by atoms with van der Waals surface area (Å²) >= 11 is 12.0. The number of nitrogens with one attached hydrogen (secondary N) is 3. The number of benzene rings is 3. The number of nitrogens with zero attached hydrogens (tertiary/aromatic N) is 1. The molecular formula is C24H19Cl2FN4O2. The molecule has 0 aliphatic carbocycles. The van der Waals surface area contributed by atoms with E-state index in [2.05, 4.69) is 20.6 Å². The predicted molar refractivity (Wildman–Crippen MR) is 127 cm³/mol. The molecule has 33 heavy (non-hydrogen) atoms. The molecule has 6 nitrogen and oxygen atoms in total. The van der Waals surface area contributed by atoms with Crippen LogP contribution in [0.25, 0.3) is 11.0 Å². The standard InChI is InChI=1S/C24H19Cl2FN4O2/c1-13(28-24(33)16-6-4-7-17(25)22(16)26)23(32)29-15-9-10-19-20(12-15)31-21(30-19)11-14-5-2-3-8-18(14)27/h2-10,12-13H,11H2,1H3,(H,28,33)(H,29,32)(H,30,31). The molecule has 4 aromatic rings. The van der Waals surface area contributed by atoms with E-state index in [9.17, 15) is 14.0 Å². The minimum absolute atomic E-state index is 0.125. The minimum atomic E-state index is -0.832. The normalized spacial score (nSPS) is 11.9. The van der Waals surface area contributed by atoms with Crippen molar-refractivity contribution in [2.24, 2.45) is 0 Å². The molecule has 1 unspecified atom stereocenters. The van der Waals surface area contributed by atoms with E-state index in [1.165, 1.54) is 12.1 Å². The van der Waals surface area contributed by atoms with E-state index in [0.717, 1.165) is 0 Å². The van der Waals surface area contributed by atoms with Crippen LogP contribution in [-0.4, -0.2) is 27.8 Å². The number of aromatic amines is 1. The smallest absolute Gasteiger partial charge is 0.253 e. The number of hydrogen-bond acceptors (Lipinski definition) is 3. The zero-order chi connectivity index (χ0) is 23.5. The van der Waals surface area contributed by atoms with Crippen molar-refractivity contribution < 1.29 is 14.0 Å². The average molecular weight is 485 g/mol. The summed E-state index contributed by atoms with van der Waals surface area (Å²) in [6, 6.07) is 15.6. The third-order valence-electron chi connectivity index (χ3n) is 5.05. The van der Waals surface area contributed by atoms with Crippen LogP contribution in [0.15, 0.2) is 60.7 Å². The molecule has 0 fully saturated rings. The second kappa shape index (κ2) is 9.60. The quantitative estimate of drug-likeness (QED) is 0.344. The van der Waals surface area contributed by atoms with Crippen molar-refractivity contribution in [1.82, 2.24) is 15.3 Å². The third kappa shape index (κ3) is 5.16. The molecule has 1 heterocycles. The Labute approximate surface area is 199 Å². The van der Waals surface area contributed by atoms with E-state index in [1.54, 1.807) is 55.5 Å². The van der Waals surface area contributed by atoms with Gasteiger partial charge in [-0.3, -0.25) is 9.59 Å². The molecule has 0 bridgehead atoms. The molecule has 168 valence electrons. The van der Waals surface area contributed by atoms with E-state index in [4.69, 9.17) is 23.2 Å². The number of hydrogen-bond donors (Lipinski definition) is 3. The largest absolute Gasteiger partial charge is 0.342 e. The second-order valence-corrected chi connectivity index (χ2v) is 8.25. The number of H-pyrrole nitrogens is 1. The second-order valence-electron chi connectivity index (χ2n) is 7.47. The van der Waals surface area contributed by atoms with E-state index in [0.29, 0.717) is 34.5 Å². The van der Waals surface area contributed by atoms with Crippen molar-refractivity contribution in [2.45, 2.75) is 19.4 Å². The summed E-state index contributed by atoms with van der Waals surface area (Å²) in [5.41, 5.74) is 2.63. The number of fused-ring (bicyclic) bond motifs is 1. The molecular weight excluding hydrogens is 466 g/mol. The van der Waals surface area contributed by atoms with E-state index in [-0.39, 0.29) is 21.4 Å². The SMILES string of the molecule is CC(NC(=O)c1cccc(Cl)c1Cl)C(=O)Nc1ccc2nc(Cc3ccccc3F)[nH]c2c1. The summed E-state index contributed by atoms with van der Waals surface area (Å²) in [4.78, 5) is 32.7. The number of amides is 2. The van der Waals surface area contributed by atoms with Gasteiger partial charge in [-0.25, -0.2) is 9.37 Å². The van der Waals surface area contributed by atoms with Crippen molar-refractivity contribution in [3.8, 4) is 0 Å². The summed E-state index contributed by atoms with van der Waals surface area (Å²) in [7, 11) is 0. The number of rotatable bonds is 6. The number of halogens is 3. The highest BCUT2D eigenvalue weighted by Gasteiger charge is 2.19. The fourth-order valence-electron chi connectivity index (χ4n) is 3.32. The number of anilines is 1. The van der Waals surface area contributed by atoms with Gasteiger partial charge in [0.2, 0.25) is 5.91 Å². The Morgan fingerprint density at radius 1 is 1.09 bits per heavy atom. The fraction of sp³-hybridized carbons (Fsp3) is 0.125. The van der Waals surface area contributed by atoms with Crippen LogP contribution in [0.1, 0.15) is 28.7 Å². The van der Waals surface area contributed by atoms with Gasteiger partial charge >= 0.3 is 0 Å². The van der Waals surface area contributed by atoms with Crippen molar-refractivity contribution >= 4 is 51.7 Å². The summed E-state index contributed by atoms with van der Waals surface area (Å²) < 4.78 is 13.9. The van der Waals surface area contributed by atoms with Gasteiger partial charge in [0, 0.05) is 12.1 Å². The monoisotopic (exact) mass is 484 g/mol. The first-order valence-electron chi connectivity index (χ1n) is 10.1. The lowest BCUT2D eigenvalue weighted by Crippen LogP contribution is -2.41. The molecule has 0 aliphatic heterocycles. The fourth-order valence-corrected chi connectivity index (χ4v) is 3.70. The van der Waals surface area contributed by atoms with Gasteiger partial charge in [0.1, 0.15) is 17.7 Å². The summed E-state index contributed by atoms with van der Waals surface area (Å²) in [5.74, 6) is -0.600. The molecule has 0 aliphatic rings. The summed E-state index contributed by atoms with van der Waals surface area (Å²) in [5, 5.41) is 5.75. The van der Waals surface area contributed by atoms with Crippen LogP contribution in [0.4, 0.5) is 10.1 Å². The van der Waals surface area contributed by atoms with E-state index < -0.39 is 17.9 Å². The Morgan fingerprint density at radius 2 is 1.88 bits per heavy atom. The topological polar surface area (TPSA) is 86.9 Å². The average Bonchev–Trinajstić information content (AvgIpc) is 3.18. The molecule has 4 rings (SSSR count). The maximum atomic E-state index is 13.9. The first-order valence-corrected chi connectivity index (χ1v) is 10.8. The highest BCUT2D eigenvalue weighted by atomic mass is 35.5. The maximum Gasteiger partial charge on any atom is 0.253 e. The van der Waals surface area contributed by atoms with Crippen LogP contribution in [0, 0.1) is 5.82 Å². The summed E-state index contributed by atoms with van der Waals surface area (Å²) in [6.07, 6.45) is 0.318. The Bertz CT molecular complexity index is 1360. The van der Waals surface area contributed by atoms with Gasteiger partial charge in [-0.05, 0) is 48.9 Å². The third-order valence-corrected chi connectivity index (χ3v) is 5.87. The molecule has 0 radical (unpaired) electrons. The summed E-state index contributed by atoms with van der Waals surface area (Å²) in [6.45, 7) is 1.56. The highest BCUT2D eigenvalue weighted by molar-refractivity contribution is 6.43. The predicted octanol–water partition coefficient (Wildman–Crippen LogP) is 5.36. The molecule has 3 N–H and O–H groups in total. The maximum absolute atomic E-state index is 13.9. The zero-order valence-corrected chi connectivity index (χ0v) is 19.0. The Balaban J connectivity index is 1.43.